The van der Waals surface area contributed by atoms with Crippen molar-refractivity contribution in [3.8, 4) is 0 Å². The molecular weight excluding hydrogens is 250 g/mol. The van der Waals surface area contributed by atoms with Gasteiger partial charge in [0.05, 0.1) is 5.02 Å². The summed E-state index contributed by atoms with van der Waals surface area (Å²) in [5, 5.41) is 3.23. The van der Waals surface area contributed by atoms with E-state index in [4.69, 9.17) is 17.3 Å². The second-order valence-corrected chi connectivity index (χ2v) is 5.19. The third-order valence-corrected chi connectivity index (χ3v) is 3.66. The van der Waals surface area contributed by atoms with Gasteiger partial charge in [0.15, 0.2) is 0 Å². The summed E-state index contributed by atoms with van der Waals surface area (Å²) in [7, 11) is 0. The van der Waals surface area contributed by atoms with Crippen molar-refractivity contribution in [2.75, 3.05) is 12.3 Å². The minimum atomic E-state index is -0.238. The Morgan fingerprint density at radius 2 is 2.11 bits per heavy atom. The van der Waals surface area contributed by atoms with Gasteiger partial charge in [-0.2, -0.15) is 0 Å². The molecule has 1 aromatic heterocycles. The molecule has 3 N–H and O–H groups in total. The second kappa shape index (κ2) is 6.05. The molecular formula is C13H18ClN3O. The van der Waals surface area contributed by atoms with Gasteiger partial charge in [-0.15, -0.1) is 0 Å². The summed E-state index contributed by atoms with van der Waals surface area (Å²) in [6.45, 7) is 0.700. The third-order valence-electron chi connectivity index (χ3n) is 3.36. The molecule has 1 aromatic rings. The van der Waals surface area contributed by atoms with Crippen LogP contribution in [-0.4, -0.2) is 17.4 Å². The second-order valence-electron chi connectivity index (χ2n) is 4.78. The molecule has 1 heterocycles. The zero-order chi connectivity index (χ0) is 13.0. The molecule has 2 rings (SSSR count). The largest absolute Gasteiger partial charge is 0.384 e. The van der Waals surface area contributed by atoms with Gasteiger partial charge in [0.25, 0.3) is 5.91 Å². The average molecular weight is 268 g/mol. The molecule has 0 aliphatic heterocycles. The van der Waals surface area contributed by atoms with Gasteiger partial charge in [-0.25, -0.2) is 4.98 Å². The highest BCUT2D eigenvalue weighted by Gasteiger charge is 2.17. The SMILES string of the molecule is Nc1ccc(Cl)c(C(=O)NCC2CCCCC2)n1. The summed E-state index contributed by atoms with van der Waals surface area (Å²) in [6, 6.07) is 3.18. The number of carbonyl (C=O) groups is 1. The summed E-state index contributed by atoms with van der Waals surface area (Å²) in [5.41, 5.74) is 5.77. The van der Waals surface area contributed by atoms with E-state index in [1.165, 1.54) is 32.1 Å². The van der Waals surface area contributed by atoms with Gasteiger partial charge in [0, 0.05) is 6.54 Å². The van der Waals surface area contributed by atoms with Crippen molar-refractivity contribution in [1.82, 2.24) is 10.3 Å². The van der Waals surface area contributed by atoms with Crippen LogP contribution in [0, 0.1) is 5.92 Å². The number of carbonyl (C=O) groups excluding carboxylic acids is 1. The average Bonchev–Trinajstić information content (AvgIpc) is 2.40. The molecule has 0 unspecified atom stereocenters. The summed E-state index contributed by atoms with van der Waals surface area (Å²) >= 11 is 5.93. The number of nitrogens with two attached hydrogens (primary N) is 1. The van der Waals surface area contributed by atoms with Crippen LogP contribution in [0.1, 0.15) is 42.6 Å². The fraction of sp³-hybridized carbons (Fsp3) is 0.538. The van der Waals surface area contributed by atoms with Crippen LogP contribution >= 0.6 is 11.6 Å². The van der Waals surface area contributed by atoms with Crippen LogP contribution in [0.2, 0.25) is 5.02 Å². The lowest BCUT2D eigenvalue weighted by molar-refractivity contribution is 0.0939. The summed E-state index contributed by atoms with van der Waals surface area (Å²) in [5.74, 6) is 0.655. The van der Waals surface area contributed by atoms with Gasteiger partial charge in [-0.1, -0.05) is 30.9 Å². The van der Waals surface area contributed by atoms with Crippen LogP contribution < -0.4 is 11.1 Å². The number of nitrogens with zero attached hydrogens (tertiary/aromatic N) is 1. The number of anilines is 1. The number of halogens is 1. The van der Waals surface area contributed by atoms with Crippen LogP contribution in [0.15, 0.2) is 12.1 Å². The smallest absolute Gasteiger partial charge is 0.271 e. The molecule has 0 bridgehead atoms. The fourth-order valence-electron chi connectivity index (χ4n) is 2.33. The molecule has 1 fully saturated rings. The minimum absolute atomic E-state index is 0.215. The van der Waals surface area contributed by atoms with E-state index >= 15 is 0 Å². The lowest BCUT2D eigenvalue weighted by Gasteiger charge is -2.21. The Bertz CT molecular complexity index is 430. The molecule has 18 heavy (non-hydrogen) atoms. The summed E-state index contributed by atoms with van der Waals surface area (Å²) < 4.78 is 0. The van der Waals surface area contributed by atoms with Gasteiger partial charge in [0.2, 0.25) is 0 Å². The minimum Gasteiger partial charge on any atom is -0.384 e. The molecule has 1 amide bonds. The van der Waals surface area contributed by atoms with Gasteiger partial charge in [-0.3, -0.25) is 4.79 Å². The maximum absolute atomic E-state index is 11.9. The van der Waals surface area contributed by atoms with Crippen LogP contribution in [0.3, 0.4) is 0 Å². The quantitative estimate of drug-likeness (QED) is 0.885. The number of hydrogen-bond donors (Lipinski definition) is 2. The lowest BCUT2D eigenvalue weighted by Crippen LogP contribution is -2.31. The van der Waals surface area contributed by atoms with Crippen molar-refractivity contribution in [3.63, 3.8) is 0 Å². The monoisotopic (exact) mass is 267 g/mol. The lowest BCUT2D eigenvalue weighted by atomic mass is 9.89. The third kappa shape index (κ3) is 3.35. The van der Waals surface area contributed by atoms with E-state index in [0.29, 0.717) is 23.3 Å². The Labute approximate surface area is 112 Å². The highest BCUT2D eigenvalue weighted by molar-refractivity contribution is 6.33. The first-order chi connectivity index (χ1) is 8.66. The number of aromatic nitrogens is 1. The maximum atomic E-state index is 11.9. The number of pyridine rings is 1. The van der Waals surface area contributed by atoms with E-state index in [9.17, 15) is 4.79 Å². The predicted octanol–water partition coefficient (Wildman–Crippen LogP) is 2.63. The summed E-state index contributed by atoms with van der Waals surface area (Å²) in [4.78, 5) is 15.9. The highest BCUT2D eigenvalue weighted by Crippen LogP contribution is 2.23. The Balaban J connectivity index is 1.92. The van der Waals surface area contributed by atoms with Gasteiger partial charge >= 0.3 is 0 Å². The molecule has 1 saturated carbocycles. The van der Waals surface area contributed by atoms with E-state index in [-0.39, 0.29) is 11.6 Å². The normalized spacial score (nSPS) is 16.5. The standard InChI is InChI=1S/C13H18ClN3O/c14-10-6-7-11(15)17-12(10)13(18)16-8-9-4-2-1-3-5-9/h6-7,9H,1-5,8H2,(H2,15,17)(H,16,18). The van der Waals surface area contributed by atoms with E-state index < -0.39 is 0 Å². The summed E-state index contributed by atoms with van der Waals surface area (Å²) in [6.07, 6.45) is 6.22. The first-order valence-electron chi connectivity index (χ1n) is 6.37. The molecule has 1 aliphatic carbocycles. The Kier molecular flexibility index (Phi) is 4.42. The molecule has 4 nitrogen and oxygen atoms in total. The Morgan fingerprint density at radius 3 is 2.83 bits per heavy atom. The Hall–Kier alpha value is -1.29. The van der Waals surface area contributed by atoms with E-state index in [0.717, 1.165) is 0 Å². The molecule has 1 aliphatic rings. The molecule has 0 radical (unpaired) electrons. The first kappa shape index (κ1) is 13.1. The number of nitrogen functional groups attached to an aromatic ring is 1. The van der Waals surface area contributed by atoms with Gasteiger partial charge < -0.3 is 11.1 Å². The zero-order valence-electron chi connectivity index (χ0n) is 10.3. The van der Waals surface area contributed by atoms with E-state index in [1.807, 2.05) is 0 Å². The number of hydrogen-bond acceptors (Lipinski definition) is 3. The van der Waals surface area contributed by atoms with Crippen LogP contribution in [0.25, 0.3) is 0 Å². The number of nitrogens with one attached hydrogen (secondary N) is 1. The zero-order valence-corrected chi connectivity index (χ0v) is 11.0. The van der Waals surface area contributed by atoms with Gasteiger partial charge in [-0.05, 0) is 30.9 Å². The number of amides is 1. The van der Waals surface area contributed by atoms with Crippen LogP contribution in [0.4, 0.5) is 5.82 Å². The molecule has 0 saturated heterocycles. The van der Waals surface area contributed by atoms with Crippen molar-refractivity contribution >= 4 is 23.3 Å². The first-order valence-corrected chi connectivity index (χ1v) is 6.75. The highest BCUT2D eigenvalue weighted by atomic mass is 35.5. The predicted molar refractivity (Wildman–Crippen MR) is 72.6 cm³/mol. The molecule has 0 spiro atoms. The molecule has 98 valence electrons. The van der Waals surface area contributed by atoms with Crippen molar-refractivity contribution in [3.05, 3.63) is 22.8 Å². The molecule has 0 atom stereocenters. The Morgan fingerprint density at radius 1 is 1.39 bits per heavy atom. The fourth-order valence-corrected chi connectivity index (χ4v) is 2.52. The topological polar surface area (TPSA) is 68.0 Å². The van der Waals surface area contributed by atoms with Crippen molar-refractivity contribution < 1.29 is 4.79 Å². The molecule has 5 heteroatoms. The van der Waals surface area contributed by atoms with E-state index in [1.54, 1.807) is 12.1 Å². The maximum Gasteiger partial charge on any atom is 0.271 e. The van der Waals surface area contributed by atoms with Crippen molar-refractivity contribution in [2.45, 2.75) is 32.1 Å². The van der Waals surface area contributed by atoms with Crippen LogP contribution in [0.5, 0.6) is 0 Å². The molecule has 0 aromatic carbocycles. The number of rotatable bonds is 3. The van der Waals surface area contributed by atoms with Crippen LogP contribution in [-0.2, 0) is 0 Å². The van der Waals surface area contributed by atoms with E-state index in [2.05, 4.69) is 10.3 Å². The van der Waals surface area contributed by atoms with Gasteiger partial charge in [0.1, 0.15) is 11.5 Å². The van der Waals surface area contributed by atoms with Crippen molar-refractivity contribution in [1.29, 1.82) is 0 Å². The van der Waals surface area contributed by atoms with Crippen molar-refractivity contribution in [2.24, 2.45) is 5.92 Å².